The number of nitrogens with two attached hydrogens (primary N) is 1. The van der Waals surface area contributed by atoms with Gasteiger partial charge in [0.05, 0.1) is 5.56 Å². The number of benzene rings is 1. The van der Waals surface area contributed by atoms with Gasteiger partial charge in [-0.3, -0.25) is 4.79 Å². The van der Waals surface area contributed by atoms with Crippen molar-refractivity contribution in [3.8, 4) is 0 Å². The first-order valence-electron chi connectivity index (χ1n) is 7.80. The predicted octanol–water partition coefficient (Wildman–Crippen LogP) is 3.82. The first-order valence-corrected chi connectivity index (χ1v) is 7.80. The van der Waals surface area contributed by atoms with Crippen molar-refractivity contribution in [1.82, 2.24) is 4.90 Å². The molecule has 0 aromatic heterocycles. The summed E-state index contributed by atoms with van der Waals surface area (Å²) in [5.74, 6) is -0.276. The summed E-state index contributed by atoms with van der Waals surface area (Å²) in [6.45, 7) is 5.65. The fourth-order valence-corrected chi connectivity index (χ4v) is 2.93. The van der Waals surface area contributed by atoms with Crippen molar-refractivity contribution in [3.05, 3.63) is 35.4 Å². The minimum Gasteiger partial charge on any atom is -0.342 e. The van der Waals surface area contributed by atoms with E-state index in [0.29, 0.717) is 25.2 Å². The molecule has 0 bridgehead atoms. The third kappa shape index (κ3) is 4.86. The molecule has 0 aliphatic carbocycles. The second-order valence-electron chi connectivity index (χ2n) is 6.81. The number of halogens is 4. The Bertz CT molecular complexity index is 579. The molecular weight excluding hydrogens is 341 g/mol. The van der Waals surface area contributed by atoms with E-state index in [0.717, 1.165) is 18.6 Å². The molecule has 2 atom stereocenters. The summed E-state index contributed by atoms with van der Waals surface area (Å²) in [4.78, 5) is 14.2. The topological polar surface area (TPSA) is 46.3 Å². The monoisotopic (exact) mass is 364 g/mol. The second kappa shape index (κ2) is 7.74. The molecular formula is C17H24ClF3N2O. The van der Waals surface area contributed by atoms with E-state index in [1.54, 1.807) is 17.9 Å². The maximum absolute atomic E-state index is 12.8. The fraction of sp³-hybridized carbons (Fsp3) is 0.588. The maximum Gasteiger partial charge on any atom is 0.416 e. The molecule has 0 radical (unpaired) electrons. The Kier molecular flexibility index (Phi) is 6.70. The van der Waals surface area contributed by atoms with Gasteiger partial charge in [-0.1, -0.05) is 32.0 Å². The minimum absolute atomic E-state index is 0. The molecule has 1 amide bonds. The van der Waals surface area contributed by atoms with Crippen molar-refractivity contribution < 1.29 is 18.0 Å². The average molecular weight is 365 g/mol. The van der Waals surface area contributed by atoms with Crippen LogP contribution in [0.5, 0.6) is 0 Å². The van der Waals surface area contributed by atoms with Gasteiger partial charge in [0.1, 0.15) is 0 Å². The molecule has 7 heteroatoms. The van der Waals surface area contributed by atoms with Crippen LogP contribution in [-0.4, -0.2) is 30.4 Å². The summed E-state index contributed by atoms with van der Waals surface area (Å²) >= 11 is 0. The van der Waals surface area contributed by atoms with Crippen LogP contribution in [-0.2, 0) is 11.0 Å². The van der Waals surface area contributed by atoms with Crippen molar-refractivity contribution in [2.45, 2.75) is 38.8 Å². The quantitative estimate of drug-likeness (QED) is 0.882. The molecule has 0 saturated carbocycles. The van der Waals surface area contributed by atoms with Crippen LogP contribution >= 0.6 is 12.4 Å². The van der Waals surface area contributed by atoms with E-state index < -0.39 is 11.7 Å². The van der Waals surface area contributed by atoms with Crippen molar-refractivity contribution in [2.75, 3.05) is 19.6 Å². The van der Waals surface area contributed by atoms with E-state index in [9.17, 15) is 18.0 Å². The normalized spacial score (nSPS) is 22.2. The van der Waals surface area contributed by atoms with E-state index in [4.69, 9.17) is 5.73 Å². The van der Waals surface area contributed by atoms with Crippen LogP contribution < -0.4 is 5.73 Å². The largest absolute Gasteiger partial charge is 0.416 e. The molecule has 1 aromatic rings. The summed E-state index contributed by atoms with van der Waals surface area (Å²) in [6, 6.07) is 5.21. The van der Waals surface area contributed by atoms with Gasteiger partial charge in [-0.25, -0.2) is 0 Å². The van der Waals surface area contributed by atoms with Crippen molar-refractivity contribution in [3.63, 3.8) is 0 Å². The number of nitrogens with zero attached hydrogens (tertiary/aromatic N) is 1. The molecule has 2 rings (SSSR count). The number of hydrogen-bond donors (Lipinski definition) is 1. The first kappa shape index (κ1) is 20.8. The summed E-state index contributed by atoms with van der Waals surface area (Å²) in [7, 11) is 0. The molecule has 2 unspecified atom stereocenters. The zero-order valence-electron chi connectivity index (χ0n) is 13.9. The van der Waals surface area contributed by atoms with Crippen LogP contribution in [0.15, 0.2) is 24.3 Å². The van der Waals surface area contributed by atoms with Gasteiger partial charge in [-0.2, -0.15) is 13.2 Å². The fourth-order valence-electron chi connectivity index (χ4n) is 2.93. The summed E-state index contributed by atoms with van der Waals surface area (Å²) < 4.78 is 38.3. The smallest absolute Gasteiger partial charge is 0.342 e. The van der Waals surface area contributed by atoms with E-state index >= 15 is 0 Å². The standard InChI is InChI=1S/C17H23F3N2O.ClH/c1-12(13-4-3-5-14(9-13)17(18,19)20)8-15(23)22-7-6-16(2,10-21)11-22;/h3-5,9,12H,6-8,10-11,21H2,1-2H3;1H. The highest BCUT2D eigenvalue weighted by Gasteiger charge is 2.35. The van der Waals surface area contributed by atoms with Crippen LogP contribution in [0.2, 0.25) is 0 Å². The highest BCUT2D eigenvalue weighted by Crippen LogP contribution is 2.33. The Hall–Kier alpha value is -1.27. The van der Waals surface area contributed by atoms with Gasteiger partial charge in [-0.15, -0.1) is 12.4 Å². The lowest BCUT2D eigenvalue weighted by Gasteiger charge is -2.23. The SMILES string of the molecule is CC(CC(=O)N1CCC(C)(CN)C1)c1cccc(C(F)(F)F)c1.Cl. The molecule has 0 spiro atoms. The molecule has 1 saturated heterocycles. The highest BCUT2D eigenvalue weighted by molar-refractivity contribution is 5.85. The lowest BCUT2D eigenvalue weighted by atomic mass is 9.90. The van der Waals surface area contributed by atoms with Gasteiger partial charge >= 0.3 is 6.18 Å². The van der Waals surface area contributed by atoms with Crippen molar-refractivity contribution in [2.24, 2.45) is 11.1 Å². The zero-order valence-corrected chi connectivity index (χ0v) is 14.7. The van der Waals surface area contributed by atoms with Gasteiger partial charge in [0.25, 0.3) is 0 Å². The van der Waals surface area contributed by atoms with Crippen LogP contribution in [0.25, 0.3) is 0 Å². The molecule has 1 aromatic carbocycles. The molecule has 24 heavy (non-hydrogen) atoms. The van der Waals surface area contributed by atoms with Crippen molar-refractivity contribution >= 4 is 18.3 Å². The summed E-state index contributed by atoms with van der Waals surface area (Å²) in [6.07, 6.45) is -3.28. The maximum atomic E-state index is 12.8. The van der Waals surface area contributed by atoms with E-state index in [2.05, 4.69) is 6.92 Å². The number of carbonyl (C=O) groups excluding carboxylic acids is 1. The van der Waals surface area contributed by atoms with Crippen LogP contribution in [0.4, 0.5) is 13.2 Å². The first-order chi connectivity index (χ1) is 10.6. The van der Waals surface area contributed by atoms with Crippen LogP contribution in [0, 0.1) is 5.41 Å². The van der Waals surface area contributed by atoms with Crippen LogP contribution in [0.1, 0.15) is 43.7 Å². The predicted molar refractivity (Wildman–Crippen MR) is 90.1 cm³/mol. The Morgan fingerprint density at radius 2 is 2.08 bits per heavy atom. The third-order valence-electron chi connectivity index (χ3n) is 4.67. The molecule has 2 N–H and O–H groups in total. The lowest BCUT2D eigenvalue weighted by Crippen LogP contribution is -2.34. The van der Waals surface area contributed by atoms with E-state index in [-0.39, 0.29) is 36.1 Å². The number of alkyl halides is 3. The molecule has 1 aliphatic heterocycles. The molecule has 1 fully saturated rings. The van der Waals surface area contributed by atoms with Crippen molar-refractivity contribution in [1.29, 1.82) is 0 Å². The van der Waals surface area contributed by atoms with Gasteiger partial charge < -0.3 is 10.6 Å². The van der Waals surface area contributed by atoms with Gasteiger partial charge in [-0.05, 0) is 35.9 Å². The second-order valence-corrected chi connectivity index (χ2v) is 6.81. The van der Waals surface area contributed by atoms with E-state index in [1.165, 1.54) is 6.07 Å². The highest BCUT2D eigenvalue weighted by atomic mass is 35.5. The third-order valence-corrected chi connectivity index (χ3v) is 4.67. The Balaban J connectivity index is 0.00000288. The van der Waals surface area contributed by atoms with Crippen LogP contribution in [0.3, 0.4) is 0 Å². The lowest BCUT2D eigenvalue weighted by molar-refractivity contribution is -0.137. The number of amides is 1. The number of carbonyl (C=O) groups is 1. The van der Waals surface area contributed by atoms with Gasteiger partial charge in [0.15, 0.2) is 0 Å². The molecule has 136 valence electrons. The summed E-state index contributed by atoms with van der Waals surface area (Å²) in [5.41, 5.74) is 5.55. The Labute approximate surface area is 146 Å². The Morgan fingerprint density at radius 3 is 2.62 bits per heavy atom. The van der Waals surface area contributed by atoms with Gasteiger partial charge in [0, 0.05) is 19.5 Å². The molecule has 1 heterocycles. The zero-order chi connectivity index (χ0) is 17.3. The molecule has 3 nitrogen and oxygen atoms in total. The number of likely N-dealkylation sites (tertiary alicyclic amines) is 1. The van der Waals surface area contributed by atoms with E-state index in [1.807, 2.05) is 0 Å². The summed E-state index contributed by atoms with van der Waals surface area (Å²) in [5, 5.41) is 0. The number of rotatable bonds is 4. The Morgan fingerprint density at radius 1 is 1.42 bits per heavy atom. The average Bonchev–Trinajstić information content (AvgIpc) is 2.90. The van der Waals surface area contributed by atoms with Gasteiger partial charge in [0.2, 0.25) is 5.91 Å². The minimum atomic E-state index is -4.36. The molecule has 1 aliphatic rings. The number of hydrogen-bond acceptors (Lipinski definition) is 2.